The largest absolute Gasteiger partial charge is 0.465 e. The van der Waals surface area contributed by atoms with E-state index in [1.807, 2.05) is 57.2 Å². The van der Waals surface area contributed by atoms with Gasteiger partial charge in [0.05, 0.1) is 12.3 Å². The Morgan fingerprint density at radius 3 is 2.40 bits per heavy atom. The third kappa shape index (κ3) is 5.47. The van der Waals surface area contributed by atoms with Crippen molar-refractivity contribution in [3.63, 3.8) is 0 Å². The molecule has 1 aromatic heterocycles. The maximum atomic E-state index is 13.1. The van der Waals surface area contributed by atoms with Crippen molar-refractivity contribution in [1.29, 1.82) is 0 Å². The average molecular weight is 402 g/mol. The molecule has 0 radical (unpaired) electrons. The zero-order valence-electron chi connectivity index (χ0n) is 17.4. The van der Waals surface area contributed by atoms with E-state index in [4.69, 9.17) is 4.42 Å². The van der Waals surface area contributed by atoms with E-state index in [0.717, 1.165) is 16.7 Å². The number of aryl methyl sites for hydroxylation is 2. The molecule has 1 heterocycles. The molecule has 5 nitrogen and oxygen atoms in total. The number of furan rings is 1. The summed E-state index contributed by atoms with van der Waals surface area (Å²) >= 11 is 0. The summed E-state index contributed by atoms with van der Waals surface area (Å²) in [6.45, 7) is 5.94. The van der Waals surface area contributed by atoms with Gasteiger partial charge >= 0.3 is 0 Å². The Morgan fingerprint density at radius 1 is 1.00 bits per heavy atom. The summed E-state index contributed by atoms with van der Waals surface area (Å²) in [5.74, 6) is -0.247. The van der Waals surface area contributed by atoms with E-state index in [1.54, 1.807) is 24.3 Å². The SMILES string of the molecule is CCC(NC(=O)/C(=C/c1ccco1)NC(=O)c1cccc(C)c1)c1ccc(C)cc1. The molecule has 3 aromatic rings. The molecule has 0 spiro atoms. The number of amides is 2. The van der Waals surface area contributed by atoms with E-state index in [-0.39, 0.29) is 23.6 Å². The number of hydrogen-bond donors (Lipinski definition) is 2. The molecule has 154 valence electrons. The van der Waals surface area contributed by atoms with Crippen molar-refractivity contribution in [2.45, 2.75) is 33.2 Å². The van der Waals surface area contributed by atoms with Gasteiger partial charge in [0.25, 0.3) is 11.8 Å². The monoisotopic (exact) mass is 402 g/mol. The van der Waals surface area contributed by atoms with E-state index in [2.05, 4.69) is 10.6 Å². The van der Waals surface area contributed by atoms with Gasteiger partial charge in [-0.2, -0.15) is 0 Å². The minimum atomic E-state index is -0.375. The highest BCUT2D eigenvalue weighted by Crippen LogP contribution is 2.18. The summed E-state index contributed by atoms with van der Waals surface area (Å²) in [7, 11) is 0. The van der Waals surface area contributed by atoms with Crippen LogP contribution < -0.4 is 10.6 Å². The van der Waals surface area contributed by atoms with Gasteiger partial charge < -0.3 is 15.1 Å². The molecule has 1 atom stereocenters. The van der Waals surface area contributed by atoms with Crippen molar-refractivity contribution in [2.24, 2.45) is 0 Å². The fourth-order valence-corrected chi connectivity index (χ4v) is 3.11. The quantitative estimate of drug-likeness (QED) is 0.550. The summed E-state index contributed by atoms with van der Waals surface area (Å²) in [6, 6.07) is 18.5. The van der Waals surface area contributed by atoms with Crippen molar-refractivity contribution in [3.05, 3.63) is 101 Å². The topological polar surface area (TPSA) is 71.3 Å². The van der Waals surface area contributed by atoms with Crippen molar-refractivity contribution in [2.75, 3.05) is 0 Å². The molecule has 1 unspecified atom stereocenters. The van der Waals surface area contributed by atoms with E-state index in [0.29, 0.717) is 17.7 Å². The lowest BCUT2D eigenvalue weighted by Gasteiger charge is -2.19. The number of benzene rings is 2. The van der Waals surface area contributed by atoms with Crippen LogP contribution in [0.2, 0.25) is 0 Å². The first-order chi connectivity index (χ1) is 14.5. The van der Waals surface area contributed by atoms with Gasteiger partial charge in [-0.05, 0) is 50.1 Å². The van der Waals surface area contributed by atoms with Gasteiger partial charge in [0.2, 0.25) is 0 Å². The van der Waals surface area contributed by atoms with Gasteiger partial charge in [0.15, 0.2) is 0 Å². The summed E-state index contributed by atoms with van der Waals surface area (Å²) in [5.41, 5.74) is 3.75. The number of carbonyl (C=O) groups is 2. The first kappa shape index (κ1) is 21.1. The van der Waals surface area contributed by atoms with E-state index in [9.17, 15) is 9.59 Å². The summed E-state index contributed by atoms with van der Waals surface area (Å²) in [5, 5.41) is 5.76. The van der Waals surface area contributed by atoms with Crippen LogP contribution in [0, 0.1) is 13.8 Å². The zero-order chi connectivity index (χ0) is 21.5. The summed E-state index contributed by atoms with van der Waals surface area (Å²) in [4.78, 5) is 25.8. The Balaban J connectivity index is 1.83. The predicted octanol–water partition coefficient (Wildman–Crippen LogP) is 4.93. The number of hydrogen-bond acceptors (Lipinski definition) is 3. The zero-order valence-corrected chi connectivity index (χ0v) is 17.4. The van der Waals surface area contributed by atoms with Gasteiger partial charge in [0.1, 0.15) is 11.5 Å². The molecule has 2 N–H and O–H groups in total. The van der Waals surface area contributed by atoms with Gasteiger partial charge in [-0.1, -0.05) is 54.4 Å². The summed E-state index contributed by atoms with van der Waals surface area (Å²) < 4.78 is 5.34. The standard InChI is InChI=1S/C25H26N2O3/c1-4-22(19-12-10-17(2)11-13-19)26-25(29)23(16-21-9-6-14-30-21)27-24(28)20-8-5-7-18(3)15-20/h5-16,22H,4H2,1-3H3,(H,26,29)(H,27,28)/b23-16-. The first-order valence-electron chi connectivity index (χ1n) is 9.97. The number of carbonyl (C=O) groups excluding carboxylic acids is 2. The Bertz CT molecular complexity index is 1030. The number of rotatable bonds is 7. The van der Waals surface area contributed by atoms with Crippen LogP contribution in [0.4, 0.5) is 0 Å². The Labute approximate surface area is 176 Å². The maximum Gasteiger partial charge on any atom is 0.268 e. The lowest BCUT2D eigenvalue weighted by molar-refractivity contribution is -0.118. The molecule has 0 aliphatic carbocycles. The normalized spacial score (nSPS) is 12.3. The third-order valence-corrected chi connectivity index (χ3v) is 4.80. The van der Waals surface area contributed by atoms with E-state index < -0.39 is 0 Å². The van der Waals surface area contributed by atoms with Crippen LogP contribution in [0.25, 0.3) is 6.08 Å². The Hall–Kier alpha value is -3.60. The fraction of sp³-hybridized carbons (Fsp3) is 0.200. The molecule has 30 heavy (non-hydrogen) atoms. The van der Waals surface area contributed by atoms with Crippen molar-refractivity contribution in [1.82, 2.24) is 10.6 Å². The van der Waals surface area contributed by atoms with Gasteiger partial charge in [-0.3, -0.25) is 9.59 Å². The van der Waals surface area contributed by atoms with Crippen LogP contribution in [0.5, 0.6) is 0 Å². The maximum absolute atomic E-state index is 13.1. The highest BCUT2D eigenvalue weighted by atomic mass is 16.3. The van der Waals surface area contributed by atoms with Crippen molar-refractivity contribution in [3.8, 4) is 0 Å². The minimum absolute atomic E-state index is 0.127. The molecule has 0 bridgehead atoms. The molecule has 3 rings (SSSR count). The molecule has 0 aliphatic heterocycles. The Morgan fingerprint density at radius 2 is 1.77 bits per heavy atom. The predicted molar refractivity (Wildman–Crippen MR) is 118 cm³/mol. The second kappa shape index (κ2) is 9.74. The van der Waals surface area contributed by atoms with E-state index >= 15 is 0 Å². The van der Waals surface area contributed by atoms with Crippen LogP contribution in [-0.2, 0) is 4.79 Å². The number of nitrogens with one attached hydrogen (secondary N) is 2. The first-order valence-corrected chi connectivity index (χ1v) is 9.97. The van der Waals surface area contributed by atoms with Gasteiger partial charge in [-0.15, -0.1) is 0 Å². The molecule has 0 aliphatic rings. The molecule has 0 fully saturated rings. The lowest BCUT2D eigenvalue weighted by Crippen LogP contribution is -2.36. The molecule has 5 heteroatoms. The van der Waals surface area contributed by atoms with Gasteiger partial charge in [0, 0.05) is 11.6 Å². The minimum Gasteiger partial charge on any atom is -0.465 e. The van der Waals surface area contributed by atoms with E-state index in [1.165, 1.54) is 12.3 Å². The molecule has 2 amide bonds. The van der Waals surface area contributed by atoms with Crippen molar-refractivity contribution < 1.29 is 14.0 Å². The third-order valence-electron chi connectivity index (χ3n) is 4.80. The van der Waals surface area contributed by atoms with Crippen LogP contribution in [0.15, 0.2) is 77.0 Å². The molecule has 0 saturated carbocycles. The van der Waals surface area contributed by atoms with Gasteiger partial charge in [-0.25, -0.2) is 0 Å². The lowest BCUT2D eigenvalue weighted by atomic mass is 10.0. The van der Waals surface area contributed by atoms with Crippen LogP contribution in [0.3, 0.4) is 0 Å². The second-order valence-corrected chi connectivity index (χ2v) is 7.24. The highest BCUT2D eigenvalue weighted by molar-refractivity contribution is 6.05. The Kier molecular flexibility index (Phi) is 6.86. The molecular formula is C25H26N2O3. The molecular weight excluding hydrogens is 376 g/mol. The molecule has 0 saturated heterocycles. The average Bonchev–Trinajstić information content (AvgIpc) is 3.25. The smallest absolute Gasteiger partial charge is 0.268 e. The highest BCUT2D eigenvalue weighted by Gasteiger charge is 2.19. The second-order valence-electron chi connectivity index (χ2n) is 7.24. The van der Waals surface area contributed by atoms with Crippen LogP contribution >= 0.6 is 0 Å². The summed E-state index contributed by atoms with van der Waals surface area (Å²) in [6.07, 6.45) is 3.77. The fourth-order valence-electron chi connectivity index (χ4n) is 3.11. The van der Waals surface area contributed by atoms with Crippen molar-refractivity contribution >= 4 is 17.9 Å². The van der Waals surface area contributed by atoms with Crippen LogP contribution in [-0.4, -0.2) is 11.8 Å². The van der Waals surface area contributed by atoms with Crippen LogP contribution in [0.1, 0.15) is 52.2 Å². The molecule has 2 aromatic carbocycles.